The number of ether oxygens (including phenoxy) is 1. The van der Waals surface area contributed by atoms with Gasteiger partial charge in [-0.15, -0.1) is 0 Å². The molecular weight excluding hydrogens is 322 g/mol. The van der Waals surface area contributed by atoms with Gasteiger partial charge in [0.1, 0.15) is 17.9 Å². The highest BCUT2D eigenvalue weighted by molar-refractivity contribution is 9.10. The SMILES string of the molecule is N#Cc1cccc(COc2cc(Br)ccc2C(=O)O)c1. The molecule has 0 fully saturated rings. The van der Waals surface area contributed by atoms with Crippen molar-refractivity contribution in [3.63, 3.8) is 0 Å². The molecule has 2 rings (SSSR count). The molecule has 0 saturated carbocycles. The average molecular weight is 332 g/mol. The van der Waals surface area contributed by atoms with Crippen LogP contribution in [0.2, 0.25) is 0 Å². The van der Waals surface area contributed by atoms with E-state index in [0.29, 0.717) is 5.56 Å². The summed E-state index contributed by atoms with van der Waals surface area (Å²) in [5, 5.41) is 17.9. The Kier molecular flexibility index (Phi) is 4.38. The first-order valence-corrected chi connectivity index (χ1v) is 6.54. The molecule has 2 aromatic rings. The first-order chi connectivity index (χ1) is 9.60. The molecule has 0 bridgehead atoms. The van der Waals surface area contributed by atoms with E-state index in [0.717, 1.165) is 10.0 Å². The van der Waals surface area contributed by atoms with Gasteiger partial charge in [0.15, 0.2) is 0 Å². The van der Waals surface area contributed by atoms with E-state index in [1.807, 2.05) is 12.1 Å². The number of carboxylic acid groups (broad SMARTS) is 1. The van der Waals surface area contributed by atoms with Gasteiger partial charge >= 0.3 is 5.97 Å². The van der Waals surface area contributed by atoms with E-state index in [2.05, 4.69) is 15.9 Å². The van der Waals surface area contributed by atoms with Gasteiger partial charge in [-0.1, -0.05) is 28.1 Å². The highest BCUT2D eigenvalue weighted by Crippen LogP contribution is 2.24. The lowest BCUT2D eigenvalue weighted by Crippen LogP contribution is -2.03. The molecule has 0 aromatic heterocycles. The molecular formula is C15H10BrNO3. The van der Waals surface area contributed by atoms with Crippen molar-refractivity contribution in [2.45, 2.75) is 6.61 Å². The Balaban J connectivity index is 2.20. The summed E-state index contributed by atoms with van der Waals surface area (Å²) in [5.74, 6) is -0.757. The van der Waals surface area contributed by atoms with Crippen LogP contribution < -0.4 is 4.74 Å². The number of hydrogen-bond donors (Lipinski definition) is 1. The van der Waals surface area contributed by atoms with Crippen molar-refractivity contribution in [1.82, 2.24) is 0 Å². The van der Waals surface area contributed by atoms with E-state index >= 15 is 0 Å². The number of aromatic carboxylic acids is 1. The minimum absolute atomic E-state index is 0.102. The molecule has 0 aliphatic rings. The molecule has 0 spiro atoms. The fourth-order valence-corrected chi connectivity index (χ4v) is 2.02. The predicted octanol–water partition coefficient (Wildman–Crippen LogP) is 3.60. The highest BCUT2D eigenvalue weighted by Gasteiger charge is 2.11. The largest absolute Gasteiger partial charge is 0.488 e. The fraction of sp³-hybridized carbons (Fsp3) is 0.0667. The van der Waals surface area contributed by atoms with Gasteiger partial charge in [0.2, 0.25) is 0 Å². The molecule has 0 aliphatic carbocycles. The van der Waals surface area contributed by atoms with Gasteiger partial charge in [0, 0.05) is 4.47 Å². The fourth-order valence-electron chi connectivity index (χ4n) is 1.68. The number of nitrogens with zero attached hydrogens (tertiary/aromatic N) is 1. The van der Waals surface area contributed by atoms with Gasteiger partial charge < -0.3 is 9.84 Å². The molecule has 2 aromatic carbocycles. The third-order valence-electron chi connectivity index (χ3n) is 2.62. The molecule has 20 heavy (non-hydrogen) atoms. The van der Waals surface area contributed by atoms with Crippen molar-refractivity contribution in [1.29, 1.82) is 5.26 Å². The van der Waals surface area contributed by atoms with Crippen LogP contribution in [0.4, 0.5) is 0 Å². The topological polar surface area (TPSA) is 70.3 Å². The number of carbonyl (C=O) groups is 1. The first kappa shape index (κ1) is 14.1. The highest BCUT2D eigenvalue weighted by atomic mass is 79.9. The molecule has 0 unspecified atom stereocenters. The number of hydrogen-bond acceptors (Lipinski definition) is 3. The molecule has 5 heteroatoms. The lowest BCUT2D eigenvalue weighted by molar-refractivity contribution is 0.0691. The third kappa shape index (κ3) is 3.37. The molecule has 100 valence electrons. The Hall–Kier alpha value is -2.32. The zero-order valence-electron chi connectivity index (χ0n) is 10.3. The van der Waals surface area contributed by atoms with E-state index in [1.54, 1.807) is 30.3 Å². The first-order valence-electron chi connectivity index (χ1n) is 5.75. The Morgan fingerprint density at radius 3 is 2.80 bits per heavy atom. The van der Waals surface area contributed by atoms with Gasteiger partial charge in [-0.25, -0.2) is 4.79 Å². The Labute approximate surface area is 124 Å². The Bertz CT molecular complexity index is 692. The van der Waals surface area contributed by atoms with Crippen molar-refractivity contribution in [3.8, 4) is 11.8 Å². The molecule has 0 atom stereocenters. The number of rotatable bonds is 4. The summed E-state index contributed by atoms with van der Waals surface area (Å²) in [5.41, 5.74) is 1.45. The van der Waals surface area contributed by atoms with Gasteiger partial charge in [-0.05, 0) is 35.9 Å². The Morgan fingerprint density at radius 1 is 1.30 bits per heavy atom. The predicted molar refractivity (Wildman–Crippen MR) is 76.6 cm³/mol. The quantitative estimate of drug-likeness (QED) is 0.929. The summed E-state index contributed by atoms with van der Waals surface area (Å²) >= 11 is 3.28. The number of carboxylic acids is 1. The van der Waals surface area contributed by atoms with E-state index < -0.39 is 5.97 Å². The van der Waals surface area contributed by atoms with Crippen LogP contribution in [-0.4, -0.2) is 11.1 Å². The number of halogens is 1. The van der Waals surface area contributed by atoms with E-state index in [-0.39, 0.29) is 17.9 Å². The molecule has 4 nitrogen and oxygen atoms in total. The van der Waals surface area contributed by atoms with Crippen LogP contribution in [-0.2, 0) is 6.61 Å². The maximum Gasteiger partial charge on any atom is 0.339 e. The number of benzene rings is 2. The lowest BCUT2D eigenvalue weighted by atomic mass is 10.1. The maximum absolute atomic E-state index is 11.1. The van der Waals surface area contributed by atoms with Gasteiger partial charge in [-0.2, -0.15) is 5.26 Å². The van der Waals surface area contributed by atoms with Crippen LogP contribution in [0.3, 0.4) is 0 Å². The van der Waals surface area contributed by atoms with E-state index in [9.17, 15) is 4.79 Å². The molecule has 0 saturated heterocycles. The van der Waals surface area contributed by atoms with Crippen LogP contribution in [0.15, 0.2) is 46.9 Å². The van der Waals surface area contributed by atoms with Crippen LogP contribution >= 0.6 is 15.9 Å². The summed E-state index contributed by atoms with van der Waals surface area (Å²) in [4.78, 5) is 11.1. The Morgan fingerprint density at radius 2 is 2.10 bits per heavy atom. The van der Waals surface area contributed by atoms with Crippen LogP contribution in [0.25, 0.3) is 0 Å². The lowest BCUT2D eigenvalue weighted by Gasteiger charge is -2.10. The minimum atomic E-state index is -1.04. The zero-order chi connectivity index (χ0) is 14.5. The van der Waals surface area contributed by atoms with Crippen LogP contribution in [0.5, 0.6) is 5.75 Å². The van der Waals surface area contributed by atoms with Crippen LogP contribution in [0, 0.1) is 11.3 Å². The van der Waals surface area contributed by atoms with Crippen molar-refractivity contribution in [2.75, 3.05) is 0 Å². The summed E-state index contributed by atoms with van der Waals surface area (Å²) in [6, 6.07) is 13.8. The van der Waals surface area contributed by atoms with Crippen molar-refractivity contribution in [3.05, 3.63) is 63.6 Å². The monoisotopic (exact) mass is 331 g/mol. The van der Waals surface area contributed by atoms with Crippen molar-refractivity contribution < 1.29 is 14.6 Å². The number of nitriles is 1. The van der Waals surface area contributed by atoms with Gasteiger partial charge in [-0.3, -0.25) is 0 Å². The van der Waals surface area contributed by atoms with Gasteiger partial charge in [0.25, 0.3) is 0 Å². The summed E-state index contributed by atoms with van der Waals surface area (Å²) in [6.45, 7) is 0.201. The summed E-state index contributed by atoms with van der Waals surface area (Å²) < 4.78 is 6.28. The summed E-state index contributed by atoms with van der Waals surface area (Å²) in [7, 11) is 0. The molecule has 0 radical (unpaired) electrons. The molecule has 0 aliphatic heterocycles. The van der Waals surface area contributed by atoms with E-state index in [4.69, 9.17) is 15.1 Å². The van der Waals surface area contributed by atoms with E-state index in [1.165, 1.54) is 6.07 Å². The smallest absolute Gasteiger partial charge is 0.339 e. The second kappa shape index (κ2) is 6.22. The van der Waals surface area contributed by atoms with Crippen molar-refractivity contribution >= 4 is 21.9 Å². The van der Waals surface area contributed by atoms with Gasteiger partial charge in [0.05, 0.1) is 11.6 Å². The third-order valence-corrected chi connectivity index (χ3v) is 3.12. The average Bonchev–Trinajstić information content (AvgIpc) is 2.45. The molecule has 1 N–H and O–H groups in total. The minimum Gasteiger partial charge on any atom is -0.488 e. The standard InChI is InChI=1S/C15H10BrNO3/c16-12-4-5-13(15(18)19)14(7-12)20-9-11-3-1-2-10(6-11)8-17/h1-7H,9H2,(H,18,19). The summed E-state index contributed by atoms with van der Waals surface area (Å²) in [6.07, 6.45) is 0. The zero-order valence-corrected chi connectivity index (χ0v) is 11.9. The second-order valence-corrected chi connectivity index (χ2v) is 4.96. The molecule has 0 amide bonds. The molecule has 0 heterocycles. The second-order valence-electron chi connectivity index (χ2n) is 4.05. The van der Waals surface area contributed by atoms with Crippen molar-refractivity contribution in [2.24, 2.45) is 0 Å². The normalized spacial score (nSPS) is 9.80. The maximum atomic E-state index is 11.1. The van der Waals surface area contributed by atoms with Crippen LogP contribution in [0.1, 0.15) is 21.5 Å².